The van der Waals surface area contributed by atoms with Gasteiger partial charge in [0.2, 0.25) is 0 Å². The van der Waals surface area contributed by atoms with Gasteiger partial charge in [0, 0.05) is 31.9 Å². The molecule has 0 radical (unpaired) electrons. The monoisotopic (exact) mass is 338 g/mol. The maximum absolute atomic E-state index is 13.9. The van der Waals surface area contributed by atoms with Gasteiger partial charge in [0.15, 0.2) is 0 Å². The predicted molar refractivity (Wildman–Crippen MR) is 96.7 cm³/mol. The van der Waals surface area contributed by atoms with E-state index in [1.54, 1.807) is 6.07 Å². The molecule has 1 aromatic heterocycles. The number of halogens is 1. The number of benzene rings is 1. The van der Waals surface area contributed by atoms with Gasteiger partial charge in [-0.05, 0) is 50.6 Å². The lowest BCUT2D eigenvalue weighted by Crippen LogP contribution is -2.33. The average molecular weight is 338 g/mol. The molecule has 1 aromatic carbocycles. The fourth-order valence-corrected chi connectivity index (χ4v) is 3.52. The van der Waals surface area contributed by atoms with Crippen molar-refractivity contribution in [1.82, 2.24) is 9.88 Å². The van der Waals surface area contributed by atoms with Crippen LogP contribution in [0.4, 0.5) is 10.1 Å². The molecular formula is C20H23FN4. The van der Waals surface area contributed by atoms with E-state index in [4.69, 9.17) is 0 Å². The highest BCUT2D eigenvalue weighted by molar-refractivity contribution is 5.59. The fraction of sp³-hybridized carbons (Fsp3) is 0.400. The number of nitrogens with zero attached hydrogens (tertiary/aromatic N) is 4. The van der Waals surface area contributed by atoms with Crippen molar-refractivity contribution in [2.45, 2.75) is 31.8 Å². The molecule has 5 heteroatoms. The molecule has 25 heavy (non-hydrogen) atoms. The van der Waals surface area contributed by atoms with E-state index < -0.39 is 5.82 Å². The number of aromatic nitrogens is 1. The maximum Gasteiger partial charge on any atom is 0.143 e. The quantitative estimate of drug-likeness (QED) is 0.854. The molecule has 0 bridgehead atoms. The van der Waals surface area contributed by atoms with Crippen LogP contribution in [0.3, 0.4) is 0 Å². The molecule has 130 valence electrons. The molecule has 3 rings (SSSR count). The van der Waals surface area contributed by atoms with Gasteiger partial charge >= 0.3 is 0 Å². The molecule has 0 N–H and O–H groups in total. The molecule has 1 atom stereocenters. The number of nitriles is 1. The average Bonchev–Trinajstić information content (AvgIpc) is 2.88. The molecule has 0 spiro atoms. The van der Waals surface area contributed by atoms with Crippen molar-refractivity contribution < 1.29 is 4.39 Å². The minimum absolute atomic E-state index is 0.155. The molecule has 1 saturated heterocycles. The Kier molecular flexibility index (Phi) is 5.62. The van der Waals surface area contributed by atoms with Crippen LogP contribution in [0.5, 0.6) is 0 Å². The van der Waals surface area contributed by atoms with Crippen LogP contribution in [0, 0.1) is 17.1 Å². The van der Waals surface area contributed by atoms with Gasteiger partial charge in [0.1, 0.15) is 17.4 Å². The summed E-state index contributed by atoms with van der Waals surface area (Å²) in [7, 11) is 2.14. The standard InChI is InChI=1S/C20H23FN4/c1-24(15-16-6-2-3-11-23-16)17-7-5-12-25(13-10-17)20-9-4-8-19(21)18(20)14-22/h2-4,6,8-9,11,17H,5,7,10,12-13,15H2,1H3/t17-/m1/s1. The van der Waals surface area contributed by atoms with E-state index in [-0.39, 0.29) is 5.56 Å². The van der Waals surface area contributed by atoms with Gasteiger partial charge in [-0.2, -0.15) is 5.26 Å². The van der Waals surface area contributed by atoms with Crippen molar-refractivity contribution in [3.05, 3.63) is 59.7 Å². The van der Waals surface area contributed by atoms with E-state index in [2.05, 4.69) is 21.8 Å². The highest BCUT2D eigenvalue weighted by Crippen LogP contribution is 2.26. The number of pyridine rings is 1. The molecular weight excluding hydrogens is 315 g/mol. The Morgan fingerprint density at radius 3 is 2.88 bits per heavy atom. The van der Waals surface area contributed by atoms with Crippen LogP contribution in [0.2, 0.25) is 0 Å². The van der Waals surface area contributed by atoms with Gasteiger partial charge < -0.3 is 4.90 Å². The second-order valence-corrected chi connectivity index (χ2v) is 6.55. The number of anilines is 1. The van der Waals surface area contributed by atoms with Gasteiger partial charge in [-0.25, -0.2) is 4.39 Å². The minimum atomic E-state index is -0.437. The van der Waals surface area contributed by atoms with Crippen LogP contribution in [0.25, 0.3) is 0 Å². The molecule has 4 nitrogen and oxygen atoms in total. The van der Waals surface area contributed by atoms with Crippen molar-refractivity contribution in [2.24, 2.45) is 0 Å². The Balaban J connectivity index is 1.67. The molecule has 0 unspecified atom stereocenters. The molecule has 2 heterocycles. The first-order valence-corrected chi connectivity index (χ1v) is 8.72. The molecule has 0 saturated carbocycles. The summed E-state index contributed by atoms with van der Waals surface area (Å²) in [4.78, 5) is 8.90. The Morgan fingerprint density at radius 2 is 2.12 bits per heavy atom. The fourth-order valence-electron chi connectivity index (χ4n) is 3.52. The second kappa shape index (κ2) is 8.09. The predicted octanol–water partition coefficient (Wildman–Crippen LogP) is 3.58. The number of rotatable bonds is 4. The smallest absolute Gasteiger partial charge is 0.143 e. The van der Waals surface area contributed by atoms with Crippen molar-refractivity contribution in [2.75, 3.05) is 25.0 Å². The molecule has 1 aliphatic rings. The van der Waals surface area contributed by atoms with Crippen molar-refractivity contribution in [1.29, 1.82) is 5.26 Å². The van der Waals surface area contributed by atoms with Gasteiger partial charge in [0.05, 0.1) is 11.4 Å². The molecule has 1 fully saturated rings. The van der Waals surface area contributed by atoms with E-state index in [1.165, 1.54) is 6.07 Å². The Bertz CT molecular complexity index is 741. The van der Waals surface area contributed by atoms with E-state index >= 15 is 0 Å². The summed E-state index contributed by atoms with van der Waals surface area (Å²) >= 11 is 0. The number of hydrogen-bond acceptors (Lipinski definition) is 4. The summed E-state index contributed by atoms with van der Waals surface area (Å²) in [6.45, 7) is 2.51. The summed E-state index contributed by atoms with van der Waals surface area (Å²) in [5.74, 6) is -0.437. The van der Waals surface area contributed by atoms with E-state index in [0.717, 1.165) is 50.3 Å². The van der Waals surface area contributed by atoms with Crippen LogP contribution >= 0.6 is 0 Å². The normalized spacial score (nSPS) is 18.0. The third-order valence-corrected chi connectivity index (χ3v) is 4.90. The highest BCUT2D eigenvalue weighted by atomic mass is 19.1. The zero-order valence-corrected chi connectivity index (χ0v) is 14.5. The first-order valence-electron chi connectivity index (χ1n) is 8.72. The zero-order valence-electron chi connectivity index (χ0n) is 14.5. The summed E-state index contributed by atoms with van der Waals surface area (Å²) in [5.41, 5.74) is 1.95. The number of hydrogen-bond donors (Lipinski definition) is 0. The van der Waals surface area contributed by atoms with Crippen LogP contribution < -0.4 is 4.90 Å². The van der Waals surface area contributed by atoms with Crippen molar-refractivity contribution >= 4 is 5.69 Å². The summed E-state index contributed by atoms with van der Waals surface area (Å²) in [5, 5.41) is 9.27. The van der Waals surface area contributed by atoms with Crippen LogP contribution in [0.15, 0.2) is 42.6 Å². The van der Waals surface area contributed by atoms with Crippen LogP contribution in [-0.4, -0.2) is 36.1 Å². The van der Waals surface area contributed by atoms with Crippen LogP contribution in [0.1, 0.15) is 30.5 Å². The van der Waals surface area contributed by atoms with Gasteiger partial charge in [0.25, 0.3) is 0 Å². The third-order valence-electron chi connectivity index (χ3n) is 4.90. The first-order chi connectivity index (χ1) is 12.2. The molecule has 0 amide bonds. The lowest BCUT2D eigenvalue weighted by Gasteiger charge is -2.27. The summed E-state index contributed by atoms with van der Waals surface area (Å²) in [6.07, 6.45) is 4.94. The molecule has 2 aromatic rings. The van der Waals surface area contributed by atoms with E-state index in [9.17, 15) is 9.65 Å². The van der Waals surface area contributed by atoms with Crippen molar-refractivity contribution in [3.8, 4) is 6.07 Å². The lowest BCUT2D eigenvalue weighted by molar-refractivity contribution is 0.215. The van der Waals surface area contributed by atoms with E-state index in [0.29, 0.717) is 6.04 Å². The SMILES string of the molecule is CN(Cc1ccccn1)[C@@H]1CCCN(c2cccc(F)c2C#N)CC1. The highest BCUT2D eigenvalue weighted by Gasteiger charge is 2.23. The second-order valence-electron chi connectivity index (χ2n) is 6.55. The zero-order chi connectivity index (χ0) is 17.6. The topological polar surface area (TPSA) is 43.2 Å². The Morgan fingerprint density at radius 1 is 1.24 bits per heavy atom. The lowest BCUT2D eigenvalue weighted by atomic mass is 10.1. The summed E-state index contributed by atoms with van der Waals surface area (Å²) < 4.78 is 13.9. The largest absolute Gasteiger partial charge is 0.370 e. The van der Waals surface area contributed by atoms with Gasteiger partial charge in [-0.15, -0.1) is 0 Å². The first kappa shape index (κ1) is 17.4. The maximum atomic E-state index is 13.9. The summed E-state index contributed by atoms with van der Waals surface area (Å²) in [6, 6.07) is 13.3. The van der Waals surface area contributed by atoms with Gasteiger partial charge in [-0.3, -0.25) is 9.88 Å². The molecule has 1 aliphatic heterocycles. The Labute approximate surface area is 148 Å². The third kappa shape index (κ3) is 4.15. The molecule has 0 aliphatic carbocycles. The minimum Gasteiger partial charge on any atom is -0.370 e. The Hall–Kier alpha value is -2.45. The van der Waals surface area contributed by atoms with Crippen LogP contribution in [-0.2, 0) is 6.54 Å². The van der Waals surface area contributed by atoms with Crippen molar-refractivity contribution in [3.63, 3.8) is 0 Å². The van der Waals surface area contributed by atoms with E-state index in [1.807, 2.05) is 36.5 Å². The van der Waals surface area contributed by atoms with Gasteiger partial charge in [-0.1, -0.05) is 12.1 Å².